The van der Waals surface area contributed by atoms with Gasteiger partial charge in [0.2, 0.25) is 0 Å². The number of hydrogen-bond donors (Lipinski definition) is 1. The van der Waals surface area contributed by atoms with Gasteiger partial charge in [-0.2, -0.15) is 0 Å². The van der Waals surface area contributed by atoms with E-state index in [0.29, 0.717) is 0 Å². The minimum Gasteiger partial charge on any atom is -0.242 e. The van der Waals surface area contributed by atoms with Gasteiger partial charge in [0.05, 0.1) is 15.7 Å². The van der Waals surface area contributed by atoms with Crippen LogP contribution in [-0.4, -0.2) is 8.96 Å². The summed E-state index contributed by atoms with van der Waals surface area (Å²) in [6.45, 7) is 6.03. The monoisotopic (exact) mass is 343 g/mol. The van der Waals surface area contributed by atoms with E-state index in [4.69, 9.17) is 0 Å². The molecule has 0 radical (unpaired) electrons. The van der Waals surface area contributed by atoms with Crippen LogP contribution in [-0.2, 0) is 17.4 Å². The molecule has 1 aliphatic rings. The predicted octanol–water partition coefficient (Wildman–Crippen LogP) is 4.27. The molecule has 0 aromatic heterocycles. The zero-order valence-electron chi connectivity index (χ0n) is 11.8. The van der Waals surface area contributed by atoms with Crippen LogP contribution in [0.15, 0.2) is 22.7 Å². The molecule has 0 spiro atoms. The molecule has 1 aliphatic carbocycles. The highest BCUT2D eigenvalue weighted by atomic mass is 79.9. The number of nitrogens with one attached hydrogen (secondary N) is 1. The number of halogens is 1. The van der Waals surface area contributed by atoms with Crippen molar-refractivity contribution in [3.8, 4) is 0 Å². The van der Waals surface area contributed by atoms with Crippen molar-refractivity contribution >= 4 is 26.9 Å². The van der Waals surface area contributed by atoms with Gasteiger partial charge in [0, 0.05) is 10.5 Å². The van der Waals surface area contributed by atoms with Crippen molar-refractivity contribution in [3.63, 3.8) is 0 Å². The highest BCUT2D eigenvalue weighted by molar-refractivity contribution is 9.10. The zero-order valence-corrected chi connectivity index (χ0v) is 14.2. The Balaban J connectivity index is 2.25. The van der Waals surface area contributed by atoms with Gasteiger partial charge < -0.3 is 0 Å². The van der Waals surface area contributed by atoms with Gasteiger partial charge in [0.25, 0.3) is 0 Å². The van der Waals surface area contributed by atoms with Gasteiger partial charge in [-0.3, -0.25) is 0 Å². The first-order valence-corrected chi connectivity index (χ1v) is 8.78. The standard InChI is InChI=1S/C15H22BrNOS/c1-15(2,3)19(18)17-14-7-5-4-6-11-10-12(16)8-9-13(11)14/h8-10,14,17H,4-7H2,1-3H3/t14-,19-/m0/s1. The number of fused-ring (bicyclic) bond motifs is 1. The molecule has 0 bridgehead atoms. The van der Waals surface area contributed by atoms with E-state index in [1.54, 1.807) is 0 Å². The van der Waals surface area contributed by atoms with Crippen LogP contribution >= 0.6 is 15.9 Å². The third kappa shape index (κ3) is 3.89. The lowest BCUT2D eigenvalue weighted by Crippen LogP contribution is -2.35. The lowest BCUT2D eigenvalue weighted by molar-refractivity contribution is 0.557. The molecule has 106 valence electrons. The van der Waals surface area contributed by atoms with Crippen LogP contribution in [0.1, 0.15) is 57.2 Å². The van der Waals surface area contributed by atoms with Crippen molar-refractivity contribution in [1.29, 1.82) is 0 Å². The normalized spacial score (nSPS) is 21.6. The smallest absolute Gasteiger partial charge is 0.0975 e. The van der Waals surface area contributed by atoms with Crippen LogP contribution in [0, 0.1) is 0 Å². The Bertz CT molecular complexity index is 482. The zero-order chi connectivity index (χ0) is 14.0. The molecular weight excluding hydrogens is 322 g/mol. The molecule has 2 nitrogen and oxygen atoms in total. The van der Waals surface area contributed by atoms with E-state index in [2.05, 4.69) is 38.9 Å². The fourth-order valence-electron chi connectivity index (χ4n) is 2.38. The maximum Gasteiger partial charge on any atom is 0.0975 e. The van der Waals surface area contributed by atoms with Gasteiger partial charge >= 0.3 is 0 Å². The number of hydrogen-bond acceptors (Lipinski definition) is 1. The maximum absolute atomic E-state index is 12.3. The van der Waals surface area contributed by atoms with Crippen molar-refractivity contribution in [2.24, 2.45) is 0 Å². The Labute approximate surface area is 127 Å². The SMILES string of the molecule is CC(C)(C)[S@](=O)N[C@H]1CCCCc2cc(Br)ccc21. The first-order chi connectivity index (χ1) is 8.88. The molecular formula is C15H22BrNOS. The molecule has 4 heteroatoms. The maximum atomic E-state index is 12.3. The lowest BCUT2D eigenvalue weighted by atomic mass is 10.00. The highest BCUT2D eigenvalue weighted by Gasteiger charge is 2.25. The molecule has 0 unspecified atom stereocenters. The third-order valence-electron chi connectivity index (χ3n) is 3.47. The molecule has 1 aromatic rings. The highest BCUT2D eigenvalue weighted by Crippen LogP contribution is 2.31. The van der Waals surface area contributed by atoms with Crippen molar-refractivity contribution in [1.82, 2.24) is 4.72 Å². The summed E-state index contributed by atoms with van der Waals surface area (Å²) in [5.74, 6) is 0. The van der Waals surface area contributed by atoms with Gasteiger partial charge in [-0.05, 0) is 63.3 Å². The van der Waals surface area contributed by atoms with Gasteiger partial charge in [-0.1, -0.05) is 28.4 Å². The fraction of sp³-hybridized carbons (Fsp3) is 0.600. The fourth-order valence-corrected chi connectivity index (χ4v) is 3.64. The Morgan fingerprint density at radius 2 is 2.05 bits per heavy atom. The Morgan fingerprint density at radius 1 is 1.32 bits per heavy atom. The largest absolute Gasteiger partial charge is 0.242 e. The van der Waals surface area contributed by atoms with Gasteiger partial charge in [-0.15, -0.1) is 0 Å². The molecule has 0 heterocycles. The summed E-state index contributed by atoms with van der Waals surface area (Å²) in [6, 6.07) is 6.67. The predicted molar refractivity (Wildman–Crippen MR) is 85.5 cm³/mol. The van der Waals surface area contributed by atoms with Crippen LogP contribution in [0.3, 0.4) is 0 Å². The molecule has 2 rings (SSSR count). The second-order valence-electron chi connectivity index (χ2n) is 6.14. The summed E-state index contributed by atoms with van der Waals surface area (Å²) in [5, 5.41) is 0. The number of aryl methyl sites for hydroxylation is 1. The second kappa shape index (κ2) is 6.06. The Hall–Kier alpha value is -0.190. The molecule has 1 aromatic carbocycles. The van der Waals surface area contributed by atoms with E-state index < -0.39 is 11.0 Å². The number of rotatable bonds is 2. The van der Waals surface area contributed by atoms with Gasteiger partial charge in [0.15, 0.2) is 0 Å². The Kier molecular flexibility index (Phi) is 4.85. The molecule has 0 amide bonds. The minimum atomic E-state index is -1.02. The first kappa shape index (κ1) is 15.2. The molecule has 0 aliphatic heterocycles. The molecule has 1 N–H and O–H groups in total. The minimum absolute atomic E-state index is 0.214. The molecule has 0 saturated heterocycles. The van der Waals surface area contributed by atoms with Crippen molar-refractivity contribution in [3.05, 3.63) is 33.8 Å². The quantitative estimate of drug-likeness (QED) is 0.798. The van der Waals surface area contributed by atoms with Gasteiger partial charge in [0.1, 0.15) is 0 Å². The van der Waals surface area contributed by atoms with Crippen LogP contribution in [0.25, 0.3) is 0 Å². The van der Waals surface area contributed by atoms with Crippen LogP contribution in [0.4, 0.5) is 0 Å². The summed E-state index contributed by atoms with van der Waals surface area (Å²) in [6.07, 6.45) is 4.58. The van der Waals surface area contributed by atoms with Crippen molar-refractivity contribution < 1.29 is 4.21 Å². The molecule has 19 heavy (non-hydrogen) atoms. The third-order valence-corrected chi connectivity index (χ3v) is 5.58. The van der Waals surface area contributed by atoms with E-state index in [9.17, 15) is 4.21 Å². The topological polar surface area (TPSA) is 29.1 Å². The van der Waals surface area contributed by atoms with Gasteiger partial charge in [-0.25, -0.2) is 8.93 Å². The van der Waals surface area contributed by atoms with Crippen LogP contribution in [0.5, 0.6) is 0 Å². The summed E-state index contributed by atoms with van der Waals surface area (Å²) >= 11 is 3.54. The summed E-state index contributed by atoms with van der Waals surface area (Å²) in [7, 11) is -1.02. The van der Waals surface area contributed by atoms with E-state index in [0.717, 1.165) is 17.3 Å². The van der Waals surface area contributed by atoms with E-state index in [1.807, 2.05) is 20.8 Å². The van der Waals surface area contributed by atoms with E-state index in [1.165, 1.54) is 24.0 Å². The van der Waals surface area contributed by atoms with Crippen LogP contribution < -0.4 is 4.72 Å². The first-order valence-electron chi connectivity index (χ1n) is 6.84. The summed E-state index contributed by atoms with van der Waals surface area (Å²) < 4.78 is 16.6. The Morgan fingerprint density at radius 3 is 2.74 bits per heavy atom. The molecule has 0 saturated carbocycles. The summed E-state index contributed by atoms with van der Waals surface area (Å²) in [4.78, 5) is 0. The van der Waals surface area contributed by atoms with Crippen molar-refractivity contribution in [2.75, 3.05) is 0 Å². The summed E-state index contributed by atoms with van der Waals surface area (Å²) in [5.41, 5.74) is 2.70. The molecule has 0 fully saturated rings. The molecule has 2 atom stereocenters. The van der Waals surface area contributed by atoms with Crippen molar-refractivity contribution in [2.45, 2.75) is 57.2 Å². The second-order valence-corrected chi connectivity index (χ2v) is 9.05. The van der Waals surface area contributed by atoms with E-state index >= 15 is 0 Å². The van der Waals surface area contributed by atoms with Crippen LogP contribution in [0.2, 0.25) is 0 Å². The lowest BCUT2D eigenvalue weighted by Gasteiger charge is -2.24. The number of benzene rings is 1. The van der Waals surface area contributed by atoms with E-state index in [-0.39, 0.29) is 10.8 Å². The average molecular weight is 344 g/mol. The average Bonchev–Trinajstić information content (AvgIpc) is 2.50.